The van der Waals surface area contributed by atoms with E-state index in [-0.39, 0.29) is 12.3 Å². The molecule has 7 heteroatoms. The van der Waals surface area contributed by atoms with Crippen molar-refractivity contribution in [2.75, 3.05) is 24.6 Å². The fraction of sp³-hybridized carbons (Fsp3) is 0.545. The zero-order chi connectivity index (χ0) is 13.7. The zero-order valence-electron chi connectivity index (χ0n) is 10.7. The topological polar surface area (TPSA) is 84.4 Å². The summed E-state index contributed by atoms with van der Waals surface area (Å²) in [5, 5.41) is 24.4. The van der Waals surface area contributed by atoms with Crippen LogP contribution < -0.4 is 4.90 Å². The van der Waals surface area contributed by atoms with Gasteiger partial charge in [-0.15, -0.1) is 6.58 Å². The molecule has 0 aliphatic carbocycles. The number of nitro groups is 1. The van der Waals surface area contributed by atoms with Gasteiger partial charge in [0.25, 0.3) is 0 Å². The fourth-order valence-electron chi connectivity index (χ4n) is 1.90. The summed E-state index contributed by atoms with van der Waals surface area (Å²) in [5.41, 5.74) is 0.458. The molecule has 0 spiro atoms. The van der Waals surface area contributed by atoms with Crippen LogP contribution in [0.25, 0.3) is 0 Å². The Balaban J connectivity index is 3.30. The van der Waals surface area contributed by atoms with E-state index in [2.05, 4.69) is 11.7 Å². The second kappa shape index (κ2) is 6.15. The molecule has 0 saturated heterocycles. The Bertz CT molecular complexity index is 442. The van der Waals surface area contributed by atoms with Crippen LogP contribution in [-0.2, 0) is 13.5 Å². The summed E-state index contributed by atoms with van der Waals surface area (Å²) < 4.78 is 1.48. The van der Waals surface area contributed by atoms with Crippen molar-refractivity contribution >= 4 is 11.5 Å². The predicted octanol–water partition coefficient (Wildman–Crippen LogP) is 0.875. The van der Waals surface area contributed by atoms with Crippen molar-refractivity contribution in [3.05, 3.63) is 28.5 Å². The van der Waals surface area contributed by atoms with Crippen LogP contribution in [0.5, 0.6) is 0 Å². The molecule has 7 nitrogen and oxygen atoms in total. The number of aryl methyl sites for hydroxylation is 2. The Morgan fingerprint density at radius 3 is 2.78 bits per heavy atom. The molecule has 0 atom stereocenters. The van der Waals surface area contributed by atoms with Crippen LogP contribution in [0, 0.1) is 10.1 Å². The van der Waals surface area contributed by atoms with Gasteiger partial charge >= 0.3 is 5.69 Å². The van der Waals surface area contributed by atoms with Crippen LogP contribution in [0.1, 0.15) is 12.6 Å². The van der Waals surface area contributed by atoms with Gasteiger partial charge in [-0.05, 0) is 6.42 Å². The van der Waals surface area contributed by atoms with Crippen LogP contribution in [0.15, 0.2) is 12.7 Å². The fourth-order valence-corrected chi connectivity index (χ4v) is 1.90. The largest absolute Gasteiger partial charge is 0.395 e. The van der Waals surface area contributed by atoms with E-state index in [0.717, 1.165) is 0 Å². The third-order valence-electron chi connectivity index (χ3n) is 2.60. The van der Waals surface area contributed by atoms with Crippen molar-refractivity contribution in [3.8, 4) is 0 Å². The maximum absolute atomic E-state index is 11.2. The van der Waals surface area contributed by atoms with Crippen LogP contribution in [0.2, 0.25) is 0 Å². The first kappa shape index (κ1) is 14.2. The summed E-state index contributed by atoms with van der Waals surface area (Å²) in [5.74, 6) is 0.408. The summed E-state index contributed by atoms with van der Waals surface area (Å²) in [4.78, 5) is 12.4. The average molecular weight is 254 g/mol. The van der Waals surface area contributed by atoms with E-state index in [1.165, 1.54) is 4.68 Å². The number of aromatic nitrogens is 2. The summed E-state index contributed by atoms with van der Waals surface area (Å²) in [6.07, 6.45) is 2.13. The Hall–Kier alpha value is -1.89. The minimum atomic E-state index is -0.422. The predicted molar refractivity (Wildman–Crippen MR) is 68.7 cm³/mol. The SMILES string of the molecule is C=CCN(CCO)c1c([N+](=O)[O-])c(CC)nn1C. The van der Waals surface area contributed by atoms with Gasteiger partial charge < -0.3 is 10.0 Å². The van der Waals surface area contributed by atoms with E-state index in [4.69, 9.17) is 5.11 Å². The highest BCUT2D eigenvalue weighted by Crippen LogP contribution is 2.31. The zero-order valence-corrected chi connectivity index (χ0v) is 10.7. The Morgan fingerprint density at radius 1 is 1.67 bits per heavy atom. The minimum absolute atomic E-state index is 0.00954. The Kier molecular flexibility index (Phi) is 4.85. The molecule has 18 heavy (non-hydrogen) atoms. The molecular formula is C11H18N4O3. The van der Waals surface area contributed by atoms with E-state index < -0.39 is 4.92 Å². The molecule has 1 rings (SSSR count). The molecule has 0 amide bonds. The molecule has 0 aliphatic rings. The number of hydrogen-bond acceptors (Lipinski definition) is 5. The molecule has 1 heterocycles. The first-order valence-corrected chi connectivity index (χ1v) is 5.73. The van der Waals surface area contributed by atoms with Crippen molar-refractivity contribution in [2.45, 2.75) is 13.3 Å². The van der Waals surface area contributed by atoms with Crippen molar-refractivity contribution in [1.82, 2.24) is 9.78 Å². The molecule has 1 aromatic rings. The lowest BCUT2D eigenvalue weighted by atomic mass is 10.3. The standard InChI is InChI=1S/C11H18N4O3/c1-4-6-14(7-8-16)11-10(15(17)18)9(5-2)12-13(11)3/h4,16H,1,5-8H2,2-3H3. The summed E-state index contributed by atoms with van der Waals surface area (Å²) in [6, 6.07) is 0. The molecule has 0 aromatic carbocycles. The highest BCUT2D eigenvalue weighted by Gasteiger charge is 2.28. The highest BCUT2D eigenvalue weighted by molar-refractivity contribution is 5.62. The molecule has 0 radical (unpaired) electrons. The van der Waals surface area contributed by atoms with E-state index in [9.17, 15) is 10.1 Å². The third kappa shape index (κ3) is 2.67. The monoisotopic (exact) mass is 254 g/mol. The minimum Gasteiger partial charge on any atom is -0.395 e. The lowest BCUT2D eigenvalue weighted by molar-refractivity contribution is -0.384. The van der Waals surface area contributed by atoms with Gasteiger partial charge in [0, 0.05) is 20.1 Å². The van der Waals surface area contributed by atoms with Crippen molar-refractivity contribution in [2.24, 2.45) is 7.05 Å². The highest BCUT2D eigenvalue weighted by atomic mass is 16.6. The van der Waals surface area contributed by atoms with E-state index >= 15 is 0 Å². The Morgan fingerprint density at radius 2 is 2.33 bits per heavy atom. The van der Waals surface area contributed by atoms with Crippen molar-refractivity contribution in [1.29, 1.82) is 0 Å². The first-order valence-electron chi connectivity index (χ1n) is 5.73. The van der Waals surface area contributed by atoms with Gasteiger partial charge in [0.2, 0.25) is 5.82 Å². The van der Waals surface area contributed by atoms with Gasteiger partial charge in [-0.2, -0.15) is 5.10 Å². The van der Waals surface area contributed by atoms with Gasteiger partial charge in [-0.1, -0.05) is 13.0 Å². The number of aliphatic hydroxyl groups is 1. The number of anilines is 1. The second-order valence-electron chi connectivity index (χ2n) is 3.81. The first-order chi connectivity index (χ1) is 8.56. The second-order valence-corrected chi connectivity index (χ2v) is 3.81. The molecule has 0 unspecified atom stereocenters. The summed E-state index contributed by atoms with van der Waals surface area (Å²) in [6.45, 7) is 6.08. The molecule has 1 N–H and O–H groups in total. The van der Waals surface area contributed by atoms with Crippen LogP contribution in [0.3, 0.4) is 0 Å². The normalized spacial score (nSPS) is 10.4. The van der Waals surface area contributed by atoms with E-state index in [0.29, 0.717) is 31.0 Å². The summed E-state index contributed by atoms with van der Waals surface area (Å²) >= 11 is 0. The van der Waals surface area contributed by atoms with Gasteiger partial charge in [0.05, 0.1) is 11.5 Å². The maximum atomic E-state index is 11.2. The maximum Gasteiger partial charge on any atom is 0.334 e. The number of hydrogen-bond donors (Lipinski definition) is 1. The van der Waals surface area contributed by atoms with Crippen LogP contribution in [-0.4, -0.2) is 39.5 Å². The number of aliphatic hydroxyl groups excluding tert-OH is 1. The molecule has 100 valence electrons. The molecule has 0 aliphatic heterocycles. The van der Waals surface area contributed by atoms with E-state index in [1.54, 1.807) is 18.0 Å². The van der Waals surface area contributed by atoms with Gasteiger partial charge in [-0.25, -0.2) is 4.68 Å². The molecule has 0 saturated carbocycles. The number of nitrogens with zero attached hydrogens (tertiary/aromatic N) is 4. The molecule has 0 fully saturated rings. The number of rotatable bonds is 7. The van der Waals surface area contributed by atoms with Crippen molar-refractivity contribution < 1.29 is 10.0 Å². The third-order valence-corrected chi connectivity index (χ3v) is 2.60. The van der Waals surface area contributed by atoms with Crippen LogP contribution in [0.4, 0.5) is 11.5 Å². The lowest BCUT2D eigenvalue weighted by Gasteiger charge is -2.20. The molecule has 0 bridgehead atoms. The average Bonchev–Trinajstić information content (AvgIpc) is 2.66. The molecular weight excluding hydrogens is 236 g/mol. The van der Waals surface area contributed by atoms with Crippen LogP contribution >= 0.6 is 0 Å². The van der Waals surface area contributed by atoms with E-state index in [1.807, 2.05) is 6.92 Å². The molecule has 1 aromatic heterocycles. The smallest absolute Gasteiger partial charge is 0.334 e. The van der Waals surface area contributed by atoms with Gasteiger partial charge in [0.15, 0.2) is 0 Å². The van der Waals surface area contributed by atoms with Gasteiger partial charge in [0.1, 0.15) is 5.69 Å². The lowest BCUT2D eigenvalue weighted by Crippen LogP contribution is -2.29. The summed E-state index contributed by atoms with van der Waals surface area (Å²) in [7, 11) is 1.66. The van der Waals surface area contributed by atoms with Gasteiger partial charge in [-0.3, -0.25) is 10.1 Å². The Labute approximate surface area is 105 Å². The van der Waals surface area contributed by atoms with Crippen molar-refractivity contribution in [3.63, 3.8) is 0 Å². The quantitative estimate of drug-likeness (QED) is 0.443.